The summed E-state index contributed by atoms with van der Waals surface area (Å²) in [4.78, 5) is 24.2. The van der Waals surface area contributed by atoms with Gasteiger partial charge in [-0.05, 0) is 34.1 Å². The molecule has 0 bridgehead atoms. The van der Waals surface area contributed by atoms with Crippen molar-refractivity contribution in [2.45, 2.75) is 51.8 Å². The molecule has 6 heteroatoms. The smallest absolute Gasteiger partial charge is 0.323 e. The lowest BCUT2D eigenvalue weighted by molar-refractivity contribution is -0.138. The van der Waals surface area contributed by atoms with E-state index >= 15 is 0 Å². The quantitative estimate of drug-likeness (QED) is 0.790. The Morgan fingerprint density at radius 2 is 2.17 bits per heavy atom. The number of carbonyl (C=O) groups is 2. The Labute approximate surface area is 107 Å². The van der Waals surface area contributed by atoms with Crippen LogP contribution in [0.15, 0.2) is 0 Å². The summed E-state index contributed by atoms with van der Waals surface area (Å²) in [5.74, 6) is -1.01. The lowest BCUT2D eigenvalue weighted by Gasteiger charge is -2.33. The Kier molecular flexibility index (Phi) is 4.56. The van der Waals surface area contributed by atoms with E-state index in [1.807, 2.05) is 13.8 Å². The number of hydrogen-bond donors (Lipinski definition) is 2. The lowest BCUT2D eigenvalue weighted by atomic mass is 9.95. The number of aliphatic carboxylic acids is 1. The molecular weight excluding hydrogens is 236 g/mol. The van der Waals surface area contributed by atoms with Crippen molar-refractivity contribution in [2.24, 2.45) is 0 Å². The minimum Gasteiger partial charge on any atom is -0.480 e. The molecule has 0 aromatic carbocycles. The molecule has 0 aromatic rings. The molecule has 1 rings (SSSR count). The molecule has 104 valence electrons. The number of urea groups is 1. The van der Waals surface area contributed by atoms with Crippen LogP contribution in [0.4, 0.5) is 4.79 Å². The van der Waals surface area contributed by atoms with Gasteiger partial charge in [0.25, 0.3) is 0 Å². The number of nitrogens with zero attached hydrogens (tertiary/aromatic N) is 1. The highest BCUT2D eigenvalue weighted by Gasteiger charge is 2.39. The van der Waals surface area contributed by atoms with Crippen molar-refractivity contribution in [1.29, 1.82) is 0 Å². The number of hydrogen-bond acceptors (Lipinski definition) is 3. The van der Waals surface area contributed by atoms with Crippen molar-refractivity contribution in [2.75, 3.05) is 13.2 Å². The second kappa shape index (κ2) is 5.56. The maximum atomic E-state index is 12.1. The van der Waals surface area contributed by atoms with E-state index in [1.54, 1.807) is 13.8 Å². The van der Waals surface area contributed by atoms with Crippen LogP contribution in [0.1, 0.15) is 34.1 Å². The summed E-state index contributed by atoms with van der Waals surface area (Å²) >= 11 is 0. The molecule has 2 unspecified atom stereocenters. The zero-order valence-electron chi connectivity index (χ0n) is 11.4. The van der Waals surface area contributed by atoms with Gasteiger partial charge in [-0.2, -0.15) is 0 Å². The highest BCUT2D eigenvalue weighted by Crippen LogP contribution is 2.25. The monoisotopic (exact) mass is 258 g/mol. The van der Waals surface area contributed by atoms with E-state index in [2.05, 4.69) is 5.32 Å². The van der Waals surface area contributed by atoms with E-state index in [1.165, 1.54) is 4.90 Å². The first kappa shape index (κ1) is 14.8. The number of amides is 2. The number of carbonyl (C=O) groups excluding carboxylic acids is 1. The first-order valence-electron chi connectivity index (χ1n) is 6.18. The largest absolute Gasteiger partial charge is 0.480 e. The van der Waals surface area contributed by atoms with Crippen LogP contribution < -0.4 is 5.32 Å². The van der Waals surface area contributed by atoms with Crippen LogP contribution >= 0.6 is 0 Å². The average molecular weight is 258 g/mol. The van der Waals surface area contributed by atoms with E-state index in [0.29, 0.717) is 6.61 Å². The van der Waals surface area contributed by atoms with Crippen molar-refractivity contribution in [3.63, 3.8) is 0 Å². The second-order valence-corrected chi connectivity index (χ2v) is 5.23. The van der Waals surface area contributed by atoms with Gasteiger partial charge >= 0.3 is 12.0 Å². The van der Waals surface area contributed by atoms with Crippen LogP contribution in [0.25, 0.3) is 0 Å². The summed E-state index contributed by atoms with van der Waals surface area (Å²) in [5.41, 5.74) is -0.428. The van der Waals surface area contributed by atoms with Gasteiger partial charge in [-0.15, -0.1) is 0 Å². The summed E-state index contributed by atoms with van der Waals surface area (Å²) < 4.78 is 5.44. The minimum absolute atomic E-state index is 0.0692. The van der Waals surface area contributed by atoms with Crippen LogP contribution in [0.3, 0.4) is 0 Å². The van der Waals surface area contributed by atoms with Crippen molar-refractivity contribution >= 4 is 12.0 Å². The summed E-state index contributed by atoms with van der Waals surface area (Å²) in [6.07, 6.45) is 0.666. The predicted octanol–water partition coefficient (Wildman–Crippen LogP) is 1.06. The summed E-state index contributed by atoms with van der Waals surface area (Å²) in [7, 11) is 0. The van der Waals surface area contributed by atoms with Gasteiger partial charge in [0.15, 0.2) is 0 Å². The topological polar surface area (TPSA) is 78.9 Å². The van der Waals surface area contributed by atoms with Crippen LogP contribution in [0.2, 0.25) is 0 Å². The lowest BCUT2D eigenvalue weighted by Crippen LogP contribution is -2.57. The summed E-state index contributed by atoms with van der Waals surface area (Å²) in [6, 6.07) is -0.519. The molecular formula is C12H22N2O4. The molecule has 0 aromatic heterocycles. The third kappa shape index (κ3) is 3.35. The highest BCUT2D eigenvalue weighted by atomic mass is 16.5. The Morgan fingerprint density at radius 1 is 1.56 bits per heavy atom. The fourth-order valence-electron chi connectivity index (χ4n) is 1.95. The maximum Gasteiger partial charge on any atom is 0.323 e. The predicted molar refractivity (Wildman–Crippen MR) is 66.4 cm³/mol. The molecule has 2 amide bonds. The van der Waals surface area contributed by atoms with E-state index in [9.17, 15) is 9.59 Å². The van der Waals surface area contributed by atoms with E-state index < -0.39 is 11.5 Å². The molecule has 0 radical (unpaired) electrons. The third-order valence-corrected chi connectivity index (χ3v) is 3.47. The fraction of sp³-hybridized carbons (Fsp3) is 0.833. The van der Waals surface area contributed by atoms with Crippen LogP contribution in [-0.4, -0.2) is 52.8 Å². The van der Waals surface area contributed by atoms with E-state index in [-0.39, 0.29) is 24.7 Å². The van der Waals surface area contributed by atoms with Crippen molar-refractivity contribution in [3.05, 3.63) is 0 Å². The van der Waals surface area contributed by atoms with E-state index in [0.717, 1.165) is 6.42 Å². The zero-order chi connectivity index (χ0) is 13.9. The first-order chi connectivity index (χ1) is 8.26. The normalized spacial score (nSPS) is 27.3. The number of rotatable bonds is 4. The Balaban J connectivity index is 2.69. The van der Waals surface area contributed by atoms with Gasteiger partial charge in [0, 0.05) is 12.6 Å². The summed E-state index contributed by atoms with van der Waals surface area (Å²) in [5, 5.41) is 11.7. The second-order valence-electron chi connectivity index (χ2n) is 5.23. The van der Waals surface area contributed by atoms with Crippen LogP contribution in [0.5, 0.6) is 0 Å². The van der Waals surface area contributed by atoms with Gasteiger partial charge in [-0.25, -0.2) is 4.79 Å². The molecule has 1 saturated heterocycles. The number of nitrogens with one attached hydrogen (secondary N) is 1. The first-order valence-corrected chi connectivity index (χ1v) is 6.18. The minimum atomic E-state index is -1.01. The van der Waals surface area contributed by atoms with Gasteiger partial charge in [-0.1, -0.05) is 0 Å². The molecule has 1 aliphatic heterocycles. The van der Waals surface area contributed by atoms with Gasteiger partial charge in [-0.3, -0.25) is 4.79 Å². The highest BCUT2D eigenvalue weighted by molar-refractivity contribution is 5.80. The summed E-state index contributed by atoms with van der Waals surface area (Å²) in [6.45, 7) is 7.72. The zero-order valence-corrected chi connectivity index (χ0v) is 11.4. The van der Waals surface area contributed by atoms with Gasteiger partial charge in [0.05, 0.1) is 11.6 Å². The molecule has 1 heterocycles. The standard InChI is InChI=1S/C12H22N2O4/c1-8(2)14(7-10(15)16)11(17)13-12(4)5-6-18-9(12)3/h8-9H,5-7H2,1-4H3,(H,13,17)(H,15,16). The number of ether oxygens (including phenoxy) is 1. The van der Waals surface area contributed by atoms with Crippen molar-refractivity contribution in [3.8, 4) is 0 Å². The number of carboxylic acid groups (broad SMARTS) is 1. The molecule has 1 aliphatic rings. The van der Waals surface area contributed by atoms with Gasteiger partial charge < -0.3 is 20.1 Å². The molecule has 0 saturated carbocycles. The molecule has 2 atom stereocenters. The molecule has 6 nitrogen and oxygen atoms in total. The molecule has 0 aliphatic carbocycles. The third-order valence-electron chi connectivity index (χ3n) is 3.47. The fourth-order valence-corrected chi connectivity index (χ4v) is 1.95. The SMILES string of the molecule is CC(C)N(CC(=O)O)C(=O)NC1(C)CCOC1C. The Morgan fingerprint density at radius 3 is 2.56 bits per heavy atom. The average Bonchev–Trinajstić information content (AvgIpc) is 2.54. The van der Waals surface area contributed by atoms with E-state index in [4.69, 9.17) is 9.84 Å². The van der Waals surface area contributed by atoms with Crippen LogP contribution in [0, 0.1) is 0 Å². The number of carboxylic acids is 1. The molecule has 2 N–H and O–H groups in total. The maximum absolute atomic E-state index is 12.1. The molecule has 18 heavy (non-hydrogen) atoms. The van der Waals surface area contributed by atoms with Crippen molar-refractivity contribution in [1.82, 2.24) is 10.2 Å². The van der Waals surface area contributed by atoms with Gasteiger partial charge in [0.1, 0.15) is 6.54 Å². The molecule has 1 fully saturated rings. The molecule has 0 spiro atoms. The van der Waals surface area contributed by atoms with Crippen molar-refractivity contribution < 1.29 is 19.4 Å². The Hall–Kier alpha value is -1.30. The van der Waals surface area contributed by atoms with Crippen LogP contribution in [-0.2, 0) is 9.53 Å². The Bertz CT molecular complexity index is 332. The van der Waals surface area contributed by atoms with Gasteiger partial charge in [0.2, 0.25) is 0 Å².